The van der Waals surface area contributed by atoms with E-state index >= 15 is 0 Å². The first-order valence-electron chi connectivity index (χ1n) is 5.73. The van der Waals surface area contributed by atoms with Crippen molar-refractivity contribution in [1.82, 2.24) is 0 Å². The van der Waals surface area contributed by atoms with Crippen LogP contribution in [0.2, 0.25) is 5.02 Å². The third-order valence-electron chi connectivity index (χ3n) is 1.36. The van der Waals surface area contributed by atoms with E-state index in [-0.39, 0.29) is 16.0 Å². The van der Waals surface area contributed by atoms with Gasteiger partial charge in [0.1, 0.15) is 0 Å². The van der Waals surface area contributed by atoms with Crippen molar-refractivity contribution in [1.29, 1.82) is 0 Å². The summed E-state index contributed by atoms with van der Waals surface area (Å²) in [6.07, 6.45) is -2.61. The molecule has 0 aromatic heterocycles. The van der Waals surface area contributed by atoms with Crippen molar-refractivity contribution in [3.05, 3.63) is 28.8 Å². The van der Waals surface area contributed by atoms with E-state index in [1.165, 1.54) is 6.07 Å². The number of hydrogen-bond acceptors (Lipinski definition) is 2. The van der Waals surface area contributed by atoms with E-state index in [1.54, 1.807) is 0 Å². The van der Waals surface area contributed by atoms with E-state index in [0.29, 0.717) is 0 Å². The molecule has 0 fully saturated rings. The largest absolute Gasteiger partial charge is 0.488 e. The minimum Gasteiger partial charge on any atom is -0.423 e. The highest BCUT2D eigenvalue weighted by atomic mass is 35.5. The molecule has 12 heavy (non-hydrogen) atoms. The van der Waals surface area contributed by atoms with Gasteiger partial charge < -0.3 is 10.0 Å². The van der Waals surface area contributed by atoms with Crippen LogP contribution in [-0.4, -0.2) is 17.2 Å². The van der Waals surface area contributed by atoms with Crippen molar-refractivity contribution in [3.8, 4) is 0 Å². The van der Waals surface area contributed by atoms with Gasteiger partial charge in [0.25, 0.3) is 0 Å². The van der Waals surface area contributed by atoms with Crippen molar-refractivity contribution < 1.29 is 16.9 Å². The second-order valence-electron chi connectivity index (χ2n) is 2.27. The average molecular weight is 189 g/mol. The Kier molecular flexibility index (Phi) is 1.53. The summed E-state index contributed by atoms with van der Waals surface area (Å²) in [5, 5.41) is 18.0. The maximum absolute atomic E-state index is 8.97. The Morgan fingerprint density at radius 1 is 1.58 bits per heavy atom. The second kappa shape index (κ2) is 3.94. The summed E-state index contributed by atoms with van der Waals surface area (Å²) in [4.78, 5) is 0. The summed E-state index contributed by atoms with van der Waals surface area (Å²) in [7, 11) is -1.83. The third-order valence-corrected chi connectivity index (χ3v) is 1.58. The zero-order valence-corrected chi connectivity index (χ0v) is 6.84. The highest BCUT2D eigenvalue weighted by Crippen LogP contribution is 2.09. The first-order chi connectivity index (χ1) is 7.55. The quantitative estimate of drug-likeness (QED) is 0.668. The Balaban J connectivity index is 3.32. The standard InChI is InChI=1S/C8H10BClO2/c1-2-6-3-7(9(11)12)5-8(10)4-6/h3-5,11-12H,2H2,1H3/i1D3,2D2. The topological polar surface area (TPSA) is 40.5 Å². The molecule has 0 saturated heterocycles. The molecule has 0 aliphatic carbocycles. The Labute approximate surface area is 84.0 Å². The van der Waals surface area contributed by atoms with E-state index in [1.807, 2.05) is 0 Å². The van der Waals surface area contributed by atoms with Gasteiger partial charge in [-0.3, -0.25) is 0 Å². The first kappa shape index (κ1) is 4.65. The lowest BCUT2D eigenvalue weighted by atomic mass is 9.79. The number of halogens is 1. The van der Waals surface area contributed by atoms with Gasteiger partial charge in [-0.2, -0.15) is 0 Å². The molecular formula is C8H10BClO2. The van der Waals surface area contributed by atoms with Gasteiger partial charge in [0, 0.05) is 11.9 Å². The molecule has 1 aromatic rings. The zero-order chi connectivity index (χ0) is 13.4. The maximum atomic E-state index is 8.97. The van der Waals surface area contributed by atoms with Crippen LogP contribution in [0.15, 0.2) is 18.2 Å². The smallest absolute Gasteiger partial charge is 0.423 e. The van der Waals surface area contributed by atoms with Crippen LogP contribution in [0, 0.1) is 0 Å². The molecule has 0 atom stereocenters. The molecule has 0 aliphatic heterocycles. The normalized spacial score (nSPS) is 18.4. The molecule has 4 heteroatoms. The van der Waals surface area contributed by atoms with Crippen molar-refractivity contribution >= 4 is 24.2 Å². The van der Waals surface area contributed by atoms with Crippen LogP contribution in [0.1, 0.15) is 19.3 Å². The lowest BCUT2D eigenvalue weighted by Gasteiger charge is -2.03. The Morgan fingerprint density at radius 3 is 2.92 bits per heavy atom. The molecule has 0 saturated carbocycles. The van der Waals surface area contributed by atoms with Crippen LogP contribution in [0.3, 0.4) is 0 Å². The van der Waals surface area contributed by atoms with Crippen LogP contribution in [0.5, 0.6) is 0 Å². The monoisotopic (exact) mass is 189 g/mol. The number of benzene rings is 1. The Morgan fingerprint density at radius 2 is 2.33 bits per heavy atom. The summed E-state index contributed by atoms with van der Waals surface area (Å²) in [6.45, 7) is -2.87. The van der Waals surface area contributed by atoms with Crippen LogP contribution in [0.4, 0.5) is 0 Å². The zero-order valence-electron chi connectivity index (χ0n) is 11.1. The van der Waals surface area contributed by atoms with Gasteiger partial charge in [-0.15, -0.1) is 0 Å². The van der Waals surface area contributed by atoms with Gasteiger partial charge in [0.05, 0.1) is 0 Å². The molecule has 2 N–H and O–H groups in total. The minimum absolute atomic E-state index is 0.0405. The van der Waals surface area contributed by atoms with Gasteiger partial charge in [-0.25, -0.2) is 0 Å². The van der Waals surface area contributed by atoms with E-state index in [4.69, 9.17) is 28.5 Å². The predicted molar refractivity (Wildman–Crippen MR) is 50.7 cm³/mol. The molecule has 0 bridgehead atoms. The van der Waals surface area contributed by atoms with Crippen LogP contribution in [-0.2, 0) is 6.37 Å². The molecule has 2 nitrogen and oxygen atoms in total. The van der Waals surface area contributed by atoms with E-state index in [0.717, 1.165) is 12.1 Å². The summed E-state index contributed by atoms with van der Waals surface area (Å²) in [6, 6.07) is 3.45. The molecular weight excluding hydrogens is 174 g/mol. The van der Waals surface area contributed by atoms with Crippen molar-refractivity contribution in [2.45, 2.75) is 13.2 Å². The Hall–Kier alpha value is -0.505. The van der Waals surface area contributed by atoms with Crippen LogP contribution >= 0.6 is 11.6 Å². The summed E-state index contributed by atoms with van der Waals surface area (Å²) < 4.78 is 36.4. The van der Waals surface area contributed by atoms with Gasteiger partial charge in [0.2, 0.25) is 0 Å². The number of aryl methyl sites for hydroxylation is 1. The SMILES string of the molecule is [2H]C([2H])([2H])C([2H])([2H])c1cc(Cl)cc(B(O)O)c1. The van der Waals surface area contributed by atoms with Crippen molar-refractivity contribution in [2.75, 3.05) is 0 Å². The molecule has 1 rings (SSSR count). The van der Waals surface area contributed by atoms with Crippen LogP contribution < -0.4 is 5.46 Å². The summed E-state index contributed by atoms with van der Waals surface area (Å²) in [5.41, 5.74) is -0.270. The van der Waals surface area contributed by atoms with E-state index in [2.05, 4.69) is 0 Å². The average Bonchev–Trinajstić information content (AvgIpc) is 2.14. The van der Waals surface area contributed by atoms with Crippen LogP contribution in [0.25, 0.3) is 0 Å². The molecule has 0 aliphatic rings. The molecule has 64 valence electrons. The molecule has 0 radical (unpaired) electrons. The third kappa shape index (κ3) is 2.24. The highest BCUT2D eigenvalue weighted by Gasteiger charge is 2.11. The fraction of sp³-hybridized carbons (Fsp3) is 0.250. The predicted octanol–water partition coefficient (Wildman–Crippen LogP) is 0.582. The maximum Gasteiger partial charge on any atom is 0.488 e. The van der Waals surface area contributed by atoms with Gasteiger partial charge in [-0.05, 0) is 29.5 Å². The lowest BCUT2D eigenvalue weighted by Crippen LogP contribution is -2.30. The van der Waals surface area contributed by atoms with E-state index < -0.39 is 20.3 Å². The lowest BCUT2D eigenvalue weighted by molar-refractivity contribution is 0.425. The van der Waals surface area contributed by atoms with Crippen molar-refractivity contribution in [2.24, 2.45) is 0 Å². The summed E-state index contributed by atoms with van der Waals surface area (Å²) >= 11 is 5.68. The fourth-order valence-electron chi connectivity index (χ4n) is 0.834. The summed E-state index contributed by atoms with van der Waals surface area (Å²) in [5.74, 6) is 0. The molecule has 0 amide bonds. The first-order valence-corrected chi connectivity index (χ1v) is 3.60. The van der Waals surface area contributed by atoms with Crippen molar-refractivity contribution in [3.63, 3.8) is 0 Å². The highest BCUT2D eigenvalue weighted by molar-refractivity contribution is 6.59. The molecule has 0 heterocycles. The number of hydrogen-bond donors (Lipinski definition) is 2. The van der Waals surface area contributed by atoms with Gasteiger partial charge in [-0.1, -0.05) is 24.5 Å². The molecule has 1 aromatic carbocycles. The molecule has 0 spiro atoms. The van der Waals surface area contributed by atoms with Gasteiger partial charge in [0.15, 0.2) is 0 Å². The minimum atomic E-state index is -2.87. The number of rotatable bonds is 2. The Bertz CT molecular complexity index is 421. The molecule has 0 unspecified atom stereocenters. The van der Waals surface area contributed by atoms with E-state index in [9.17, 15) is 0 Å². The fourth-order valence-corrected chi connectivity index (χ4v) is 1.08. The second-order valence-corrected chi connectivity index (χ2v) is 2.71. The van der Waals surface area contributed by atoms with Gasteiger partial charge >= 0.3 is 7.12 Å².